The molecule has 0 atom stereocenters. The van der Waals surface area contributed by atoms with Gasteiger partial charge in [-0.15, -0.1) is 0 Å². The molecular formula is C11H15FN2O2S. The summed E-state index contributed by atoms with van der Waals surface area (Å²) in [6.07, 6.45) is 2.31. The van der Waals surface area contributed by atoms with E-state index in [1.54, 1.807) is 6.07 Å². The van der Waals surface area contributed by atoms with Crippen molar-refractivity contribution in [1.29, 1.82) is 0 Å². The second-order valence-corrected chi connectivity index (χ2v) is 5.98. The Kier molecular flexibility index (Phi) is 3.46. The fourth-order valence-corrected chi connectivity index (χ4v) is 2.37. The molecule has 2 N–H and O–H groups in total. The Balaban J connectivity index is 2.22. The molecule has 4 nitrogen and oxygen atoms in total. The van der Waals surface area contributed by atoms with Crippen molar-refractivity contribution in [2.75, 3.05) is 7.05 Å². The fraction of sp³-hybridized carbons (Fsp3) is 0.455. The Labute approximate surface area is 100 Å². The van der Waals surface area contributed by atoms with Crippen LogP contribution in [-0.4, -0.2) is 21.5 Å². The first-order valence-corrected chi connectivity index (χ1v) is 6.96. The molecule has 0 saturated heterocycles. The summed E-state index contributed by atoms with van der Waals surface area (Å²) in [6.45, 7) is 0.567. The highest BCUT2D eigenvalue weighted by Crippen LogP contribution is 2.20. The van der Waals surface area contributed by atoms with Crippen LogP contribution in [0.2, 0.25) is 0 Å². The first-order valence-electron chi connectivity index (χ1n) is 5.48. The van der Waals surface area contributed by atoms with Gasteiger partial charge in [0, 0.05) is 12.6 Å². The highest BCUT2D eigenvalue weighted by Gasteiger charge is 2.21. The Morgan fingerprint density at radius 1 is 1.41 bits per heavy atom. The number of hydrogen-bond donors (Lipinski definition) is 2. The molecule has 1 aromatic rings. The van der Waals surface area contributed by atoms with E-state index in [4.69, 9.17) is 0 Å². The molecule has 2 rings (SSSR count). The highest BCUT2D eigenvalue weighted by molar-refractivity contribution is 7.89. The minimum absolute atomic E-state index is 0.296. The van der Waals surface area contributed by atoms with Crippen LogP contribution in [0.15, 0.2) is 23.1 Å². The Morgan fingerprint density at radius 3 is 2.71 bits per heavy atom. The molecule has 1 aliphatic rings. The van der Waals surface area contributed by atoms with Gasteiger partial charge in [-0.2, -0.15) is 0 Å². The van der Waals surface area contributed by atoms with Crippen molar-refractivity contribution < 1.29 is 12.8 Å². The number of benzene rings is 1. The Hall–Kier alpha value is -0.980. The maximum absolute atomic E-state index is 13.4. The molecule has 0 aliphatic heterocycles. The zero-order valence-electron chi connectivity index (χ0n) is 9.53. The van der Waals surface area contributed by atoms with E-state index in [2.05, 4.69) is 10.0 Å². The molecule has 1 fully saturated rings. The first-order chi connectivity index (χ1) is 8.03. The summed E-state index contributed by atoms with van der Waals surface area (Å²) >= 11 is 0. The van der Waals surface area contributed by atoms with Crippen LogP contribution in [0.4, 0.5) is 4.39 Å². The van der Waals surface area contributed by atoms with Crippen molar-refractivity contribution in [3.8, 4) is 0 Å². The third-order valence-electron chi connectivity index (χ3n) is 2.73. The lowest BCUT2D eigenvalue weighted by atomic mass is 10.2. The van der Waals surface area contributed by atoms with Crippen molar-refractivity contribution in [1.82, 2.24) is 10.0 Å². The predicted molar refractivity (Wildman–Crippen MR) is 62.5 cm³/mol. The van der Waals surface area contributed by atoms with Gasteiger partial charge in [0.1, 0.15) is 10.7 Å². The third-order valence-corrected chi connectivity index (χ3v) is 4.16. The largest absolute Gasteiger partial charge is 0.310 e. The second kappa shape index (κ2) is 4.72. The quantitative estimate of drug-likeness (QED) is 0.828. The standard InChI is InChI=1S/C11H15FN2O2S/c1-13-17(15,16)11-6-8(2-5-10(11)12)7-14-9-3-4-9/h2,5-6,9,13-14H,3-4,7H2,1H3. The zero-order valence-corrected chi connectivity index (χ0v) is 10.3. The normalized spacial score (nSPS) is 16.1. The van der Waals surface area contributed by atoms with Gasteiger partial charge in [0.25, 0.3) is 0 Å². The molecule has 0 amide bonds. The molecule has 0 radical (unpaired) electrons. The van der Waals surface area contributed by atoms with Crippen LogP contribution in [0.25, 0.3) is 0 Å². The van der Waals surface area contributed by atoms with Gasteiger partial charge in [-0.1, -0.05) is 6.07 Å². The maximum atomic E-state index is 13.4. The summed E-state index contributed by atoms with van der Waals surface area (Å²) in [7, 11) is -2.46. The Bertz CT molecular complexity index is 512. The van der Waals surface area contributed by atoms with Crippen LogP contribution in [0.3, 0.4) is 0 Å². The van der Waals surface area contributed by atoms with Gasteiger partial charge in [-0.3, -0.25) is 0 Å². The lowest BCUT2D eigenvalue weighted by molar-refractivity contribution is 0.560. The summed E-state index contributed by atoms with van der Waals surface area (Å²) in [4.78, 5) is -0.296. The summed E-state index contributed by atoms with van der Waals surface area (Å²) in [5.41, 5.74) is 0.770. The summed E-state index contributed by atoms with van der Waals surface area (Å²) in [6, 6.07) is 4.69. The SMILES string of the molecule is CNS(=O)(=O)c1cc(CNC2CC2)ccc1F. The smallest absolute Gasteiger partial charge is 0.243 e. The van der Waals surface area contributed by atoms with Crippen LogP contribution >= 0.6 is 0 Å². The minimum atomic E-state index is -3.73. The lowest BCUT2D eigenvalue weighted by Gasteiger charge is -2.07. The number of sulfonamides is 1. The number of nitrogens with one attached hydrogen (secondary N) is 2. The summed E-state index contributed by atoms with van der Waals surface area (Å²) in [5.74, 6) is -0.727. The van der Waals surface area contributed by atoms with E-state index in [1.807, 2.05) is 0 Å². The van der Waals surface area contributed by atoms with E-state index in [9.17, 15) is 12.8 Å². The molecule has 0 aromatic heterocycles. The topological polar surface area (TPSA) is 58.2 Å². The van der Waals surface area contributed by atoms with Crippen molar-refractivity contribution in [3.63, 3.8) is 0 Å². The summed E-state index contributed by atoms with van der Waals surface area (Å²) < 4.78 is 38.6. The average molecular weight is 258 g/mol. The second-order valence-electron chi connectivity index (χ2n) is 4.13. The molecule has 1 aromatic carbocycles. The third kappa shape index (κ3) is 3.02. The van der Waals surface area contributed by atoms with Crippen LogP contribution in [0.1, 0.15) is 18.4 Å². The van der Waals surface area contributed by atoms with Gasteiger partial charge >= 0.3 is 0 Å². The number of rotatable bonds is 5. The molecule has 0 heterocycles. The Morgan fingerprint density at radius 2 is 2.12 bits per heavy atom. The van der Waals surface area contributed by atoms with Gasteiger partial charge in [-0.05, 0) is 37.6 Å². The molecule has 6 heteroatoms. The molecule has 0 unspecified atom stereocenters. The molecular weight excluding hydrogens is 243 g/mol. The molecule has 17 heavy (non-hydrogen) atoms. The van der Waals surface area contributed by atoms with Crippen molar-refractivity contribution in [3.05, 3.63) is 29.6 Å². The van der Waals surface area contributed by atoms with Crippen molar-refractivity contribution in [2.45, 2.75) is 30.3 Å². The van der Waals surface area contributed by atoms with Crippen molar-refractivity contribution in [2.24, 2.45) is 0 Å². The van der Waals surface area contributed by atoms with Gasteiger partial charge in [0.05, 0.1) is 0 Å². The monoisotopic (exact) mass is 258 g/mol. The van der Waals surface area contributed by atoms with E-state index in [-0.39, 0.29) is 4.90 Å². The van der Waals surface area contributed by atoms with E-state index in [0.717, 1.165) is 18.4 Å². The summed E-state index contributed by atoms with van der Waals surface area (Å²) in [5, 5.41) is 3.25. The molecule has 1 aliphatic carbocycles. The zero-order chi connectivity index (χ0) is 12.5. The van der Waals surface area contributed by atoms with Crippen LogP contribution < -0.4 is 10.0 Å². The van der Waals surface area contributed by atoms with Gasteiger partial charge in [-0.25, -0.2) is 17.5 Å². The number of hydrogen-bond acceptors (Lipinski definition) is 3. The first kappa shape index (κ1) is 12.5. The molecule has 0 bridgehead atoms. The van der Waals surface area contributed by atoms with E-state index < -0.39 is 15.8 Å². The van der Waals surface area contributed by atoms with Crippen LogP contribution in [0, 0.1) is 5.82 Å². The molecule has 94 valence electrons. The molecule has 1 saturated carbocycles. The van der Waals surface area contributed by atoms with E-state index in [1.165, 1.54) is 19.2 Å². The van der Waals surface area contributed by atoms with E-state index >= 15 is 0 Å². The predicted octanol–water partition coefficient (Wildman–Crippen LogP) is 0.986. The van der Waals surface area contributed by atoms with Crippen molar-refractivity contribution >= 4 is 10.0 Å². The number of halogens is 1. The maximum Gasteiger partial charge on any atom is 0.243 e. The minimum Gasteiger partial charge on any atom is -0.310 e. The highest BCUT2D eigenvalue weighted by atomic mass is 32.2. The van der Waals surface area contributed by atoms with Crippen LogP contribution in [0.5, 0.6) is 0 Å². The van der Waals surface area contributed by atoms with Gasteiger partial charge in [0.2, 0.25) is 10.0 Å². The van der Waals surface area contributed by atoms with Gasteiger partial charge in [0.15, 0.2) is 0 Å². The average Bonchev–Trinajstić information content (AvgIpc) is 3.11. The lowest BCUT2D eigenvalue weighted by Crippen LogP contribution is -2.21. The van der Waals surface area contributed by atoms with E-state index in [0.29, 0.717) is 12.6 Å². The fourth-order valence-electron chi connectivity index (χ4n) is 1.52. The van der Waals surface area contributed by atoms with Crippen LogP contribution in [-0.2, 0) is 16.6 Å². The van der Waals surface area contributed by atoms with Gasteiger partial charge < -0.3 is 5.32 Å². The molecule has 0 spiro atoms.